The molecule has 1 saturated heterocycles. The molecule has 0 amide bonds. The van der Waals surface area contributed by atoms with E-state index in [0.717, 1.165) is 12.8 Å². The minimum absolute atomic E-state index is 0.0740. The van der Waals surface area contributed by atoms with Crippen LogP contribution < -0.4 is 5.73 Å². The van der Waals surface area contributed by atoms with Crippen LogP contribution in [0.4, 0.5) is 0 Å². The maximum Gasteiger partial charge on any atom is 0.252 e. The molecule has 0 aromatic carbocycles. The molecule has 1 aromatic heterocycles. The second-order valence-corrected chi connectivity index (χ2v) is 7.60. The SMILES string of the molecule is CC1CCC(CN)CN1S(=O)(=O)c1cccs1. The predicted octanol–water partition coefficient (Wildman–Crippen LogP) is 1.50. The molecular formula is C11H18N2O2S2. The Balaban J connectivity index is 2.26. The van der Waals surface area contributed by atoms with Crippen molar-refractivity contribution >= 4 is 21.4 Å². The summed E-state index contributed by atoms with van der Waals surface area (Å²) in [6.07, 6.45) is 1.92. The normalized spacial score (nSPS) is 27.2. The van der Waals surface area contributed by atoms with Crippen LogP contribution in [0.5, 0.6) is 0 Å². The first-order valence-electron chi connectivity index (χ1n) is 5.81. The highest BCUT2D eigenvalue weighted by atomic mass is 32.2. The number of hydrogen-bond donors (Lipinski definition) is 1. The summed E-state index contributed by atoms with van der Waals surface area (Å²) >= 11 is 1.27. The fourth-order valence-corrected chi connectivity index (χ4v) is 5.06. The van der Waals surface area contributed by atoms with Gasteiger partial charge < -0.3 is 5.73 Å². The Kier molecular flexibility index (Phi) is 3.87. The van der Waals surface area contributed by atoms with Crippen LogP contribution in [0.3, 0.4) is 0 Å². The average molecular weight is 274 g/mol. The summed E-state index contributed by atoms with van der Waals surface area (Å²) in [6, 6.07) is 3.51. The lowest BCUT2D eigenvalue weighted by molar-refractivity contribution is 0.211. The van der Waals surface area contributed by atoms with Crippen LogP contribution in [0.1, 0.15) is 19.8 Å². The fraction of sp³-hybridized carbons (Fsp3) is 0.636. The maximum absolute atomic E-state index is 12.4. The van der Waals surface area contributed by atoms with Crippen LogP contribution in [-0.4, -0.2) is 31.9 Å². The van der Waals surface area contributed by atoms with E-state index in [0.29, 0.717) is 23.2 Å². The molecule has 0 saturated carbocycles. The topological polar surface area (TPSA) is 63.4 Å². The van der Waals surface area contributed by atoms with E-state index in [9.17, 15) is 8.42 Å². The van der Waals surface area contributed by atoms with Gasteiger partial charge in [0.15, 0.2) is 0 Å². The summed E-state index contributed by atoms with van der Waals surface area (Å²) in [6.45, 7) is 3.08. The number of sulfonamides is 1. The van der Waals surface area contributed by atoms with Crippen molar-refractivity contribution in [3.05, 3.63) is 17.5 Å². The Morgan fingerprint density at radius 3 is 2.88 bits per heavy atom. The van der Waals surface area contributed by atoms with Gasteiger partial charge in [-0.1, -0.05) is 6.07 Å². The third kappa shape index (κ3) is 2.54. The smallest absolute Gasteiger partial charge is 0.252 e. The highest BCUT2D eigenvalue weighted by molar-refractivity contribution is 7.91. The second-order valence-electron chi connectivity index (χ2n) is 4.53. The van der Waals surface area contributed by atoms with Crippen molar-refractivity contribution in [3.63, 3.8) is 0 Å². The molecule has 96 valence electrons. The van der Waals surface area contributed by atoms with Gasteiger partial charge in [0.25, 0.3) is 10.0 Å². The molecular weight excluding hydrogens is 256 g/mol. The van der Waals surface area contributed by atoms with Crippen molar-refractivity contribution in [2.75, 3.05) is 13.1 Å². The third-order valence-electron chi connectivity index (χ3n) is 3.31. The summed E-state index contributed by atoms with van der Waals surface area (Å²) in [4.78, 5) is 0. The van der Waals surface area contributed by atoms with Crippen molar-refractivity contribution in [3.8, 4) is 0 Å². The summed E-state index contributed by atoms with van der Waals surface area (Å²) in [5, 5.41) is 1.79. The zero-order chi connectivity index (χ0) is 12.5. The Morgan fingerprint density at radius 2 is 2.29 bits per heavy atom. The molecule has 2 atom stereocenters. The quantitative estimate of drug-likeness (QED) is 0.908. The van der Waals surface area contributed by atoms with Gasteiger partial charge in [-0.3, -0.25) is 0 Å². The number of thiophene rings is 1. The summed E-state index contributed by atoms with van der Waals surface area (Å²) in [5.41, 5.74) is 5.65. The van der Waals surface area contributed by atoms with Gasteiger partial charge in [-0.2, -0.15) is 4.31 Å². The average Bonchev–Trinajstić information content (AvgIpc) is 2.83. The Bertz CT molecular complexity index is 456. The van der Waals surface area contributed by atoms with E-state index in [1.54, 1.807) is 21.8 Å². The summed E-state index contributed by atoms with van der Waals surface area (Å²) in [7, 11) is -3.31. The van der Waals surface area contributed by atoms with Gasteiger partial charge >= 0.3 is 0 Å². The lowest BCUT2D eigenvalue weighted by atomic mass is 9.96. The van der Waals surface area contributed by atoms with Crippen LogP contribution in [0.15, 0.2) is 21.7 Å². The minimum atomic E-state index is -3.31. The second kappa shape index (κ2) is 5.06. The van der Waals surface area contributed by atoms with E-state index >= 15 is 0 Å². The molecule has 17 heavy (non-hydrogen) atoms. The zero-order valence-corrected chi connectivity index (χ0v) is 11.5. The highest BCUT2D eigenvalue weighted by Crippen LogP contribution is 2.29. The van der Waals surface area contributed by atoms with Gasteiger partial charge in [0.1, 0.15) is 4.21 Å². The summed E-state index contributed by atoms with van der Waals surface area (Å²) in [5.74, 6) is 0.293. The zero-order valence-electron chi connectivity index (χ0n) is 9.87. The molecule has 0 spiro atoms. The first-order valence-corrected chi connectivity index (χ1v) is 8.13. The highest BCUT2D eigenvalue weighted by Gasteiger charge is 2.34. The molecule has 4 nitrogen and oxygen atoms in total. The van der Waals surface area contributed by atoms with Crippen molar-refractivity contribution in [2.45, 2.75) is 30.0 Å². The largest absolute Gasteiger partial charge is 0.330 e. The summed E-state index contributed by atoms with van der Waals surface area (Å²) < 4.78 is 26.9. The number of hydrogen-bond acceptors (Lipinski definition) is 4. The molecule has 1 aromatic rings. The van der Waals surface area contributed by atoms with Crippen LogP contribution in [0, 0.1) is 5.92 Å². The van der Waals surface area contributed by atoms with Gasteiger partial charge in [0, 0.05) is 12.6 Å². The van der Waals surface area contributed by atoms with Gasteiger partial charge in [-0.15, -0.1) is 11.3 Å². The van der Waals surface area contributed by atoms with E-state index < -0.39 is 10.0 Å². The fourth-order valence-electron chi connectivity index (χ4n) is 2.20. The van der Waals surface area contributed by atoms with Crippen LogP contribution in [-0.2, 0) is 10.0 Å². The first kappa shape index (κ1) is 13.0. The molecule has 2 N–H and O–H groups in total. The minimum Gasteiger partial charge on any atom is -0.330 e. The molecule has 1 aliphatic rings. The predicted molar refractivity (Wildman–Crippen MR) is 69.5 cm³/mol. The van der Waals surface area contributed by atoms with Crippen molar-refractivity contribution in [1.29, 1.82) is 0 Å². The number of nitrogens with zero attached hydrogens (tertiary/aromatic N) is 1. The molecule has 2 heterocycles. The Morgan fingerprint density at radius 1 is 1.53 bits per heavy atom. The molecule has 1 fully saturated rings. The van der Waals surface area contributed by atoms with E-state index in [1.807, 2.05) is 6.92 Å². The van der Waals surface area contributed by atoms with Crippen LogP contribution >= 0.6 is 11.3 Å². The number of piperidine rings is 1. The lowest BCUT2D eigenvalue weighted by Gasteiger charge is -2.36. The molecule has 2 unspecified atom stereocenters. The van der Waals surface area contributed by atoms with E-state index in [-0.39, 0.29) is 6.04 Å². The van der Waals surface area contributed by atoms with Crippen LogP contribution in [0.25, 0.3) is 0 Å². The molecule has 2 rings (SSSR count). The first-order chi connectivity index (χ1) is 8.05. The lowest BCUT2D eigenvalue weighted by Crippen LogP contribution is -2.46. The monoisotopic (exact) mass is 274 g/mol. The Hall–Kier alpha value is -0.430. The molecule has 0 radical (unpaired) electrons. The number of rotatable bonds is 3. The van der Waals surface area contributed by atoms with Crippen molar-refractivity contribution < 1.29 is 8.42 Å². The molecule has 0 bridgehead atoms. The van der Waals surface area contributed by atoms with Gasteiger partial charge in [-0.05, 0) is 43.7 Å². The van der Waals surface area contributed by atoms with Gasteiger partial charge in [-0.25, -0.2) is 8.42 Å². The maximum atomic E-state index is 12.4. The van der Waals surface area contributed by atoms with Crippen LogP contribution in [0.2, 0.25) is 0 Å². The third-order valence-corrected chi connectivity index (χ3v) is 6.67. The molecule has 6 heteroatoms. The molecule has 1 aliphatic heterocycles. The van der Waals surface area contributed by atoms with Gasteiger partial charge in [0.05, 0.1) is 0 Å². The van der Waals surface area contributed by atoms with Gasteiger partial charge in [0.2, 0.25) is 0 Å². The molecule has 0 aliphatic carbocycles. The van der Waals surface area contributed by atoms with E-state index in [4.69, 9.17) is 5.73 Å². The van der Waals surface area contributed by atoms with Crippen molar-refractivity contribution in [2.24, 2.45) is 11.7 Å². The van der Waals surface area contributed by atoms with Crippen molar-refractivity contribution in [1.82, 2.24) is 4.31 Å². The Labute approximate surface area is 106 Å². The van der Waals surface area contributed by atoms with E-state index in [1.165, 1.54) is 11.3 Å². The standard InChI is InChI=1S/C11H18N2O2S2/c1-9-4-5-10(7-12)8-13(9)17(14,15)11-3-2-6-16-11/h2-3,6,9-10H,4-5,7-8,12H2,1H3. The number of nitrogens with two attached hydrogens (primary N) is 1. The van der Waals surface area contributed by atoms with E-state index in [2.05, 4.69) is 0 Å².